The lowest BCUT2D eigenvalue weighted by Crippen LogP contribution is -2.41. The number of rotatable bonds is 8. The molecule has 29 heavy (non-hydrogen) atoms. The molecule has 1 atom stereocenters. The van der Waals surface area contributed by atoms with Crippen molar-refractivity contribution in [2.24, 2.45) is 5.41 Å². The van der Waals surface area contributed by atoms with Crippen LogP contribution in [0.1, 0.15) is 37.8 Å². The first-order chi connectivity index (χ1) is 13.6. The molecular weight excluding hydrogens is 390 g/mol. The Balaban J connectivity index is 1.94. The van der Waals surface area contributed by atoms with E-state index in [4.69, 9.17) is 9.47 Å². The third-order valence-electron chi connectivity index (χ3n) is 5.75. The molecule has 6 nitrogen and oxygen atoms in total. The van der Waals surface area contributed by atoms with Gasteiger partial charge >= 0.3 is 0 Å². The van der Waals surface area contributed by atoms with E-state index in [1.165, 1.54) is 12.4 Å². The molecule has 3 rings (SSSR count). The van der Waals surface area contributed by atoms with Gasteiger partial charge in [0.25, 0.3) is 10.0 Å². The predicted octanol–water partition coefficient (Wildman–Crippen LogP) is 3.59. The molecule has 2 heterocycles. The molecule has 2 aromatic rings. The molecular formula is C22H29NO5S. The van der Waals surface area contributed by atoms with Crippen LogP contribution in [-0.2, 0) is 25.1 Å². The van der Waals surface area contributed by atoms with Gasteiger partial charge in [0.1, 0.15) is 0 Å². The van der Waals surface area contributed by atoms with Crippen LogP contribution >= 0.6 is 0 Å². The van der Waals surface area contributed by atoms with Crippen LogP contribution in [-0.4, -0.2) is 37.0 Å². The Bertz CT molecular complexity index is 955. The summed E-state index contributed by atoms with van der Waals surface area (Å²) in [6.07, 6.45) is 5.11. The van der Waals surface area contributed by atoms with Gasteiger partial charge in [-0.3, -0.25) is 0 Å². The van der Waals surface area contributed by atoms with E-state index in [2.05, 4.69) is 6.58 Å². The van der Waals surface area contributed by atoms with Gasteiger partial charge in [0, 0.05) is 29.8 Å². The van der Waals surface area contributed by atoms with E-state index in [-0.39, 0.29) is 11.2 Å². The van der Waals surface area contributed by atoms with E-state index in [9.17, 15) is 13.5 Å². The average molecular weight is 420 g/mol. The second kappa shape index (κ2) is 8.07. The third kappa shape index (κ3) is 4.19. The fourth-order valence-corrected chi connectivity index (χ4v) is 4.71. The van der Waals surface area contributed by atoms with E-state index >= 15 is 0 Å². The number of aromatic nitrogens is 1. The Morgan fingerprint density at radius 3 is 2.41 bits per heavy atom. The number of aliphatic hydroxyl groups is 1. The van der Waals surface area contributed by atoms with Gasteiger partial charge in [0.15, 0.2) is 6.29 Å². The highest BCUT2D eigenvalue weighted by Crippen LogP contribution is 2.45. The van der Waals surface area contributed by atoms with Gasteiger partial charge in [0.05, 0.1) is 23.7 Å². The van der Waals surface area contributed by atoms with E-state index < -0.39 is 21.0 Å². The first-order valence-electron chi connectivity index (χ1n) is 9.70. The molecule has 0 bridgehead atoms. The molecule has 1 aliphatic rings. The van der Waals surface area contributed by atoms with Gasteiger partial charge in [-0.1, -0.05) is 37.6 Å². The van der Waals surface area contributed by atoms with Crippen molar-refractivity contribution >= 4 is 10.0 Å². The molecule has 1 unspecified atom stereocenters. The van der Waals surface area contributed by atoms with Crippen LogP contribution in [0.5, 0.6) is 0 Å². The lowest BCUT2D eigenvalue weighted by molar-refractivity contribution is -0.0962. The molecule has 1 aliphatic heterocycles. The number of hydrogen-bond acceptors (Lipinski definition) is 5. The molecule has 1 saturated heterocycles. The van der Waals surface area contributed by atoms with Crippen LogP contribution in [0.25, 0.3) is 0 Å². The summed E-state index contributed by atoms with van der Waals surface area (Å²) in [4.78, 5) is 0.199. The Kier molecular flexibility index (Phi) is 6.06. The van der Waals surface area contributed by atoms with Crippen LogP contribution in [0.15, 0.2) is 60.3 Å². The van der Waals surface area contributed by atoms with Crippen LogP contribution in [0.2, 0.25) is 0 Å². The van der Waals surface area contributed by atoms with Crippen LogP contribution < -0.4 is 0 Å². The first kappa shape index (κ1) is 21.8. The topological polar surface area (TPSA) is 77.8 Å². The number of ether oxygens (including phenoxy) is 2. The highest BCUT2D eigenvalue weighted by molar-refractivity contribution is 7.90. The second-order valence-electron chi connectivity index (χ2n) is 8.04. The molecule has 0 radical (unpaired) electrons. The van der Waals surface area contributed by atoms with Gasteiger partial charge in [-0.25, -0.2) is 12.4 Å². The van der Waals surface area contributed by atoms with E-state index in [1.807, 2.05) is 20.8 Å². The molecule has 0 amide bonds. The molecule has 1 N–H and O–H groups in total. The molecule has 0 spiro atoms. The van der Waals surface area contributed by atoms with Crippen LogP contribution in [0.4, 0.5) is 0 Å². The average Bonchev–Trinajstić information content (AvgIpc) is 3.38. The van der Waals surface area contributed by atoms with Crippen molar-refractivity contribution in [3.8, 4) is 0 Å². The molecule has 1 aromatic heterocycles. The Morgan fingerprint density at radius 1 is 1.21 bits per heavy atom. The first-order valence-corrected chi connectivity index (χ1v) is 11.1. The minimum Gasteiger partial charge on any atom is -0.384 e. The maximum atomic E-state index is 13.0. The maximum absolute atomic E-state index is 13.0. The van der Waals surface area contributed by atoms with Crippen molar-refractivity contribution in [2.45, 2.75) is 50.4 Å². The van der Waals surface area contributed by atoms with Crippen molar-refractivity contribution in [1.29, 1.82) is 0 Å². The third-order valence-corrected chi connectivity index (χ3v) is 7.40. The minimum absolute atomic E-state index is 0.199. The van der Waals surface area contributed by atoms with Gasteiger partial charge < -0.3 is 14.6 Å². The maximum Gasteiger partial charge on any atom is 0.267 e. The predicted molar refractivity (Wildman–Crippen MR) is 111 cm³/mol. The standard InChI is InChI=1S/C22H29NO5S/c1-5-21(3,4)22(24,12-10-20-27-14-15-28-20)18-11-13-23(16-18)29(25,26)19-8-6-17(2)7-9-19/h5-9,11,13,16,20,24H,1,10,12,14-15H2,2-4H3. The quantitative estimate of drug-likeness (QED) is 0.662. The summed E-state index contributed by atoms with van der Waals surface area (Å²) in [5, 5.41) is 11.7. The molecule has 0 saturated carbocycles. The van der Waals surface area contributed by atoms with Gasteiger partial charge in [0.2, 0.25) is 0 Å². The smallest absolute Gasteiger partial charge is 0.267 e. The summed E-state index contributed by atoms with van der Waals surface area (Å²) < 4.78 is 38.1. The SMILES string of the molecule is C=CC(C)(C)C(O)(CCC1OCCO1)c1ccn(S(=O)(=O)c2ccc(C)cc2)c1. The van der Waals surface area contributed by atoms with E-state index in [0.717, 1.165) is 9.54 Å². The van der Waals surface area contributed by atoms with Crippen LogP contribution in [0.3, 0.4) is 0 Å². The second-order valence-corrected chi connectivity index (χ2v) is 9.89. The van der Waals surface area contributed by atoms with Crippen molar-refractivity contribution < 1.29 is 23.0 Å². The molecule has 1 fully saturated rings. The monoisotopic (exact) mass is 419 g/mol. The largest absolute Gasteiger partial charge is 0.384 e. The zero-order chi connectivity index (χ0) is 21.3. The summed E-state index contributed by atoms with van der Waals surface area (Å²) >= 11 is 0. The van der Waals surface area contributed by atoms with Gasteiger partial charge in [-0.2, -0.15) is 0 Å². The summed E-state index contributed by atoms with van der Waals surface area (Å²) in [6.45, 7) is 10.6. The van der Waals surface area contributed by atoms with Crippen LogP contribution in [0, 0.1) is 12.3 Å². The Morgan fingerprint density at radius 2 is 1.83 bits per heavy atom. The van der Waals surface area contributed by atoms with Gasteiger partial charge in [-0.05, 0) is 31.5 Å². The summed E-state index contributed by atoms with van der Waals surface area (Å²) in [5.74, 6) is 0. The highest BCUT2D eigenvalue weighted by Gasteiger charge is 2.44. The fraction of sp³-hybridized carbons (Fsp3) is 0.455. The minimum atomic E-state index is -3.75. The molecule has 7 heteroatoms. The van der Waals surface area contributed by atoms with Crippen molar-refractivity contribution in [2.75, 3.05) is 13.2 Å². The zero-order valence-electron chi connectivity index (χ0n) is 17.2. The molecule has 0 aliphatic carbocycles. The zero-order valence-corrected chi connectivity index (χ0v) is 18.0. The number of benzene rings is 1. The lowest BCUT2D eigenvalue weighted by atomic mass is 9.69. The van der Waals surface area contributed by atoms with Crippen molar-refractivity contribution in [3.63, 3.8) is 0 Å². The Labute approximate surface area is 172 Å². The Hall–Kier alpha value is -1.93. The highest BCUT2D eigenvalue weighted by atomic mass is 32.2. The van der Waals surface area contributed by atoms with Crippen molar-refractivity contribution in [1.82, 2.24) is 3.97 Å². The van der Waals surface area contributed by atoms with E-state index in [0.29, 0.717) is 31.6 Å². The van der Waals surface area contributed by atoms with Crippen molar-refractivity contribution in [3.05, 3.63) is 66.5 Å². The number of hydrogen-bond donors (Lipinski definition) is 1. The number of nitrogens with zero attached hydrogens (tertiary/aromatic N) is 1. The summed E-state index contributed by atoms with van der Waals surface area (Å²) in [6, 6.07) is 8.33. The van der Waals surface area contributed by atoms with E-state index in [1.54, 1.807) is 36.4 Å². The normalized spacial score (nSPS) is 17.9. The fourth-order valence-electron chi connectivity index (χ4n) is 3.51. The molecule has 158 valence electrons. The summed E-state index contributed by atoms with van der Waals surface area (Å²) in [7, 11) is -3.75. The van der Waals surface area contributed by atoms with Gasteiger partial charge in [-0.15, -0.1) is 6.58 Å². The molecule has 1 aromatic carbocycles. The summed E-state index contributed by atoms with van der Waals surface area (Å²) in [5.41, 5.74) is -0.546. The lowest BCUT2D eigenvalue weighted by Gasteiger charge is -2.41. The number of aryl methyl sites for hydroxylation is 1.